The van der Waals surface area contributed by atoms with Gasteiger partial charge in [0.15, 0.2) is 0 Å². The molecule has 0 spiro atoms. The van der Waals surface area contributed by atoms with Crippen LogP contribution in [-0.2, 0) is 4.79 Å². The first-order chi connectivity index (χ1) is 10.0. The van der Waals surface area contributed by atoms with Gasteiger partial charge in [-0.05, 0) is 17.7 Å². The summed E-state index contributed by atoms with van der Waals surface area (Å²) < 4.78 is 0. The predicted octanol–water partition coefficient (Wildman–Crippen LogP) is 2.32. The Hall–Kier alpha value is -3.15. The molecular formula is C15H11NO5. The molecule has 21 heavy (non-hydrogen) atoms. The first-order valence-corrected chi connectivity index (χ1v) is 5.95. The van der Waals surface area contributed by atoms with Gasteiger partial charge in [0.1, 0.15) is 0 Å². The fourth-order valence-corrected chi connectivity index (χ4v) is 1.99. The number of carboxylic acids is 2. The van der Waals surface area contributed by atoms with Crippen LogP contribution in [0.2, 0.25) is 0 Å². The Bertz CT molecular complexity index is 710. The molecule has 0 bridgehead atoms. The summed E-state index contributed by atoms with van der Waals surface area (Å²) in [6.07, 6.45) is 0.356. The molecule has 3 N–H and O–H groups in total. The van der Waals surface area contributed by atoms with Crippen molar-refractivity contribution in [2.75, 3.05) is 5.32 Å². The van der Waals surface area contributed by atoms with Crippen molar-refractivity contribution in [3.8, 4) is 11.1 Å². The van der Waals surface area contributed by atoms with Crippen molar-refractivity contribution < 1.29 is 24.6 Å². The van der Waals surface area contributed by atoms with E-state index in [0.29, 0.717) is 17.5 Å². The number of carboxylic acid groups (broad SMARTS) is 2. The number of nitrogens with one attached hydrogen (secondary N) is 1. The Kier molecular flexibility index (Phi) is 3.99. The number of carbonyl (C=O) groups is 3. The van der Waals surface area contributed by atoms with Gasteiger partial charge in [-0.3, -0.25) is 4.79 Å². The second kappa shape index (κ2) is 5.87. The maximum Gasteiger partial charge on any atom is 0.337 e. The molecule has 1 amide bonds. The number of rotatable bonds is 5. The minimum Gasteiger partial charge on any atom is -0.478 e. The standard InChI is InChI=1S/C15H11NO5/c17-8-16-13-11(9-4-2-1-3-5-9)6-10(14(18)19)7-12(13)15(20)21/h1-8H,(H,16,17)(H,18,19)(H,20,21). The number of carbonyl (C=O) groups excluding carboxylic acids is 1. The van der Waals surface area contributed by atoms with Crippen LogP contribution in [0.15, 0.2) is 42.5 Å². The van der Waals surface area contributed by atoms with Crippen LogP contribution in [0.5, 0.6) is 0 Å². The predicted molar refractivity (Wildman–Crippen MR) is 75.5 cm³/mol. The number of anilines is 1. The van der Waals surface area contributed by atoms with Crippen LogP contribution in [0.3, 0.4) is 0 Å². The molecule has 0 unspecified atom stereocenters. The van der Waals surface area contributed by atoms with E-state index in [0.717, 1.165) is 6.07 Å². The minimum absolute atomic E-state index is 0.0636. The molecule has 0 radical (unpaired) electrons. The summed E-state index contributed by atoms with van der Waals surface area (Å²) >= 11 is 0. The van der Waals surface area contributed by atoms with E-state index in [9.17, 15) is 19.5 Å². The van der Waals surface area contributed by atoms with Crippen molar-refractivity contribution in [1.29, 1.82) is 0 Å². The molecule has 0 fully saturated rings. The molecule has 106 valence electrons. The molecule has 2 aromatic rings. The Balaban J connectivity index is 2.79. The Labute approximate surface area is 119 Å². The maximum atomic E-state index is 11.3. The van der Waals surface area contributed by atoms with Crippen LogP contribution >= 0.6 is 0 Å². The third kappa shape index (κ3) is 2.89. The molecule has 0 aromatic heterocycles. The number of aromatic carboxylic acids is 2. The van der Waals surface area contributed by atoms with Crippen molar-refractivity contribution in [3.63, 3.8) is 0 Å². The average Bonchev–Trinajstić information content (AvgIpc) is 2.48. The van der Waals surface area contributed by atoms with E-state index < -0.39 is 11.9 Å². The molecule has 2 aromatic carbocycles. The van der Waals surface area contributed by atoms with E-state index in [1.165, 1.54) is 6.07 Å². The van der Waals surface area contributed by atoms with Crippen LogP contribution in [0.25, 0.3) is 11.1 Å². The summed E-state index contributed by atoms with van der Waals surface area (Å²) in [6.45, 7) is 0. The van der Waals surface area contributed by atoms with Crippen molar-refractivity contribution >= 4 is 24.0 Å². The van der Waals surface area contributed by atoms with Gasteiger partial charge in [-0.25, -0.2) is 9.59 Å². The number of amides is 1. The lowest BCUT2D eigenvalue weighted by Gasteiger charge is -2.13. The largest absolute Gasteiger partial charge is 0.478 e. The van der Waals surface area contributed by atoms with E-state index in [2.05, 4.69) is 5.32 Å². The smallest absolute Gasteiger partial charge is 0.337 e. The lowest BCUT2D eigenvalue weighted by Crippen LogP contribution is -2.09. The van der Waals surface area contributed by atoms with E-state index in [-0.39, 0.29) is 16.8 Å². The highest BCUT2D eigenvalue weighted by Gasteiger charge is 2.19. The fourth-order valence-electron chi connectivity index (χ4n) is 1.99. The second-order valence-electron chi connectivity index (χ2n) is 4.18. The second-order valence-corrected chi connectivity index (χ2v) is 4.18. The quantitative estimate of drug-likeness (QED) is 0.731. The first-order valence-electron chi connectivity index (χ1n) is 5.95. The Morgan fingerprint density at radius 3 is 2.19 bits per heavy atom. The monoisotopic (exact) mass is 285 g/mol. The van der Waals surface area contributed by atoms with Crippen LogP contribution in [0, 0.1) is 0 Å². The lowest BCUT2D eigenvalue weighted by molar-refractivity contribution is -0.105. The van der Waals surface area contributed by atoms with Crippen LogP contribution in [0.1, 0.15) is 20.7 Å². The molecule has 0 heterocycles. The van der Waals surface area contributed by atoms with Crippen LogP contribution in [0.4, 0.5) is 5.69 Å². The number of hydrogen-bond donors (Lipinski definition) is 3. The van der Waals surface area contributed by atoms with Gasteiger partial charge < -0.3 is 15.5 Å². The number of benzene rings is 2. The van der Waals surface area contributed by atoms with Crippen molar-refractivity contribution in [2.24, 2.45) is 0 Å². The molecule has 2 rings (SSSR count). The normalized spacial score (nSPS) is 9.90. The van der Waals surface area contributed by atoms with Gasteiger partial charge in [0.25, 0.3) is 0 Å². The van der Waals surface area contributed by atoms with Gasteiger partial charge in [0, 0.05) is 5.56 Å². The van der Waals surface area contributed by atoms with E-state index >= 15 is 0 Å². The summed E-state index contributed by atoms with van der Waals surface area (Å²) in [5.41, 5.74) is 0.560. The SMILES string of the molecule is O=CNc1c(C(=O)O)cc(C(=O)O)cc1-c1ccccc1. The number of hydrogen-bond acceptors (Lipinski definition) is 3. The summed E-state index contributed by atoms with van der Waals surface area (Å²) in [5.74, 6) is -2.56. The molecule has 0 atom stereocenters. The average molecular weight is 285 g/mol. The van der Waals surface area contributed by atoms with E-state index in [1.54, 1.807) is 30.3 Å². The van der Waals surface area contributed by atoms with Gasteiger partial charge in [0.2, 0.25) is 6.41 Å². The zero-order valence-electron chi connectivity index (χ0n) is 10.7. The fraction of sp³-hybridized carbons (Fsp3) is 0. The van der Waals surface area contributed by atoms with Gasteiger partial charge in [-0.15, -0.1) is 0 Å². The highest BCUT2D eigenvalue weighted by atomic mass is 16.4. The highest BCUT2D eigenvalue weighted by Crippen LogP contribution is 2.32. The molecule has 0 saturated heterocycles. The van der Waals surface area contributed by atoms with Crippen molar-refractivity contribution in [2.45, 2.75) is 0 Å². The first kappa shape index (κ1) is 14.3. The van der Waals surface area contributed by atoms with Gasteiger partial charge in [-0.1, -0.05) is 30.3 Å². The minimum atomic E-state index is -1.32. The zero-order chi connectivity index (χ0) is 15.4. The van der Waals surface area contributed by atoms with Crippen LogP contribution in [-0.4, -0.2) is 28.6 Å². The summed E-state index contributed by atoms with van der Waals surface area (Å²) in [7, 11) is 0. The summed E-state index contributed by atoms with van der Waals surface area (Å²) in [4.78, 5) is 33.2. The molecule has 0 aliphatic rings. The zero-order valence-corrected chi connectivity index (χ0v) is 10.7. The molecule has 6 nitrogen and oxygen atoms in total. The molecule has 6 heteroatoms. The third-order valence-electron chi connectivity index (χ3n) is 2.90. The van der Waals surface area contributed by atoms with Gasteiger partial charge in [0.05, 0.1) is 16.8 Å². The Morgan fingerprint density at radius 2 is 1.67 bits per heavy atom. The molecular weight excluding hydrogens is 274 g/mol. The van der Waals surface area contributed by atoms with E-state index in [1.807, 2.05) is 0 Å². The third-order valence-corrected chi connectivity index (χ3v) is 2.90. The highest BCUT2D eigenvalue weighted by molar-refractivity contribution is 6.05. The van der Waals surface area contributed by atoms with Crippen molar-refractivity contribution in [1.82, 2.24) is 0 Å². The summed E-state index contributed by atoms with van der Waals surface area (Å²) in [6, 6.07) is 11.0. The van der Waals surface area contributed by atoms with Gasteiger partial charge >= 0.3 is 11.9 Å². The maximum absolute atomic E-state index is 11.3. The van der Waals surface area contributed by atoms with Crippen molar-refractivity contribution in [3.05, 3.63) is 53.6 Å². The lowest BCUT2D eigenvalue weighted by atomic mass is 9.96. The topological polar surface area (TPSA) is 104 Å². The van der Waals surface area contributed by atoms with Crippen LogP contribution < -0.4 is 5.32 Å². The summed E-state index contributed by atoms with van der Waals surface area (Å²) in [5, 5.41) is 20.7. The molecule has 0 aliphatic carbocycles. The molecule has 0 saturated carbocycles. The molecule has 0 aliphatic heterocycles. The Morgan fingerprint density at radius 1 is 1.00 bits per heavy atom. The van der Waals surface area contributed by atoms with Gasteiger partial charge in [-0.2, -0.15) is 0 Å². The van der Waals surface area contributed by atoms with E-state index in [4.69, 9.17) is 5.11 Å².